The van der Waals surface area contributed by atoms with Gasteiger partial charge in [0.1, 0.15) is 10.6 Å². The maximum atomic E-state index is 12.0. The van der Waals surface area contributed by atoms with Gasteiger partial charge < -0.3 is 0 Å². The molecular weight excluding hydrogens is 358 g/mol. The summed E-state index contributed by atoms with van der Waals surface area (Å²) < 4.78 is 29.4. The molecule has 1 aromatic carbocycles. The van der Waals surface area contributed by atoms with E-state index in [9.17, 15) is 13.2 Å². The summed E-state index contributed by atoms with van der Waals surface area (Å²) >= 11 is 3.22. The second kappa shape index (κ2) is 5.95. The van der Waals surface area contributed by atoms with Crippen LogP contribution < -0.4 is 0 Å². The van der Waals surface area contributed by atoms with Crippen LogP contribution in [0.5, 0.6) is 0 Å². The number of nitrogens with zero attached hydrogens (tertiary/aromatic N) is 1. The van der Waals surface area contributed by atoms with Gasteiger partial charge in [-0.15, -0.1) is 0 Å². The summed E-state index contributed by atoms with van der Waals surface area (Å²) in [5.74, 6) is -0.123. The summed E-state index contributed by atoms with van der Waals surface area (Å²) in [4.78, 5) is 11.4. The van der Waals surface area contributed by atoms with Crippen molar-refractivity contribution in [3.8, 4) is 0 Å². The lowest BCUT2D eigenvalue weighted by Gasteiger charge is -2.10. The summed E-state index contributed by atoms with van der Waals surface area (Å²) in [6.07, 6.45) is 2.76. The van der Waals surface area contributed by atoms with Gasteiger partial charge in [-0.25, -0.2) is 0 Å². The highest BCUT2D eigenvalue weighted by Crippen LogP contribution is 2.19. The Morgan fingerprint density at radius 1 is 1.05 bits per heavy atom. The van der Waals surface area contributed by atoms with Gasteiger partial charge in [-0.2, -0.15) is 8.42 Å². The van der Waals surface area contributed by atoms with E-state index in [1.165, 1.54) is 24.3 Å². The second-order valence-electron chi connectivity index (χ2n) is 4.41. The Labute approximate surface area is 131 Å². The van der Waals surface area contributed by atoms with Crippen LogP contribution in [0.25, 0.3) is 0 Å². The molecule has 0 bridgehead atoms. The largest absolute Gasteiger partial charge is 0.358 e. The van der Waals surface area contributed by atoms with Crippen LogP contribution >= 0.6 is 15.9 Å². The van der Waals surface area contributed by atoms with E-state index in [4.69, 9.17) is 4.28 Å². The van der Waals surface area contributed by atoms with Gasteiger partial charge in [0.25, 0.3) is 0 Å². The van der Waals surface area contributed by atoms with E-state index < -0.39 is 10.1 Å². The summed E-state index contributed by atoms with van der Waals surface area (Å²) in [7, 11) is -3.98. The number of halogens is 1. The van der Waals surface area contributed by atoms with Crippen LogP contribution in [0, 0.1) is 0 Å². The van der Waals surface area contributed by atoms with Gasteiger partial charge >= 0.3 is 10.1 Å². The van der Waals surface area contributed by atoms with Crippen molar-refractivity contribution in [3.63, 3.8) is 0 Å². The monoisotopic (exact) mass is 369 g/mol. The Balaban J connectivity index is 2.26. The van der Waals surface area contributed by atoms with E-state index in [2.05, 4.69) is 21.1 Å². The lowest BCUT2D eigenvalue weighted by Crippen LogP contribution is -2.12. The third-order valence-electron chi connectivity index (χ3n) is 3.04. The first-order chi connectivity index (χ1) is 9.81. The molecule has 0 aliphatic heterocycles. The van der Waals surface area contributed by atoms with E-state index in [-0.39, 0.29) is 10.7 Å². The van der Waals surface area contributed by atoms with Crippen molar-refractivity contribution in [1.82, 2.24) is 0 Å². The first-order valence-electron chi connectivity index (χ1n) is 5.99. The Bertz CT molecular complexity index is 774. The summed E-state index contributed by atoms with van der Waals surface area (Å²) in [5.41, 5.74) is 1.42. The van der Waals surface area contributed by atoms with E-state index in [0.717, 1.165) is 4.47 Å². The SMILES string of the molecule is CC1=C(C)/C(=N\OS(=O)(=O)c2ccc(Br)cc2)C=CC1=O. The maximum Gasteiger partial charge on any atom is 0.358 e. The molecule has 1 aliphatic carbocycles. The highest BCUT2D eigenvalue weighted by atomic mass is 79.9. The van der Waals surface area contributed by atoms with Gasteiger partial charge in [0, 0.05) is 10.0 Å². The number of hydrogen-bond acceptors (Lipinski definition) is 5. The first-order valence-corrected chi connectivity index (χ1v) is 8.19. The lowest BCUT2D eigenvalue weighted by molar-refractivity contribution is -0.111. The van der Waals surface area contributed by atoms with Crippen molar-refractivity contribution in [2.75, 3.05) is 0 Å². The molecule has 110 valence electrons. The molecule has 0 unspecified atom stereocenters. The molecule has 0 N–H and O–H groups in total. The van der Waals surface area contributed by atoms with Gasteiger partial charge in [0.05, 0.1) is 0 Å². The van der Waals surface area contributed by atoms with Gasteiger partial charge in [-0.05, 0) is 55.8 Å². The van der Waals surface area contributed by atoms with Gasteiger partial charge in [0.15, 0.2) is 5.78 Å². The molecule has 0 heterocycles. The van der Waals surface area contributed by atoms with Gasteiger partial charge in [0.2, 0.25) is 0 Å². The van der Waals surface area contributed by atoms with E-state index in [0.29, 0.717) is 16.9 Å². The molecule has 0 saturated carbocycles. The average molecular weight is 370 g/mol. The predicted octanol–water partition coefficient (Wildman–Crippen LogP) is 2.99. The molecule has 0 saturated heterocycles. The molecule has 0 amide bonds. The molecule has 7 heteroatoms. The standard InChI is InChI=1S/C14H12BrNO4S/c1-9-10(2)14(17)8-7-13(9)16-20-21(18,19)12-5-3-11(15)4-6-12/h3-8H,1-2H3/b16-13-. The summed E-state index contributed by atoms with van der Waals surface area (Å²) in [5, 5.41) is 3.64. The average Bonchev–Trinajstić information content (AvgIpc) is 2.44. The Morgan fingerprint density at radius 2 is 1.67 bits per heavy atom. The molecule has 0 fully saturated rings. The highest BCUT2D eigenvalue weighted by Gasteiger charge is 2.18. The number of carbonyl (C=O) groups excluding carboxylic acids is 1. The molecule has 0 atom stereocenters. The van der Waals surface area contributed by atoms with Crippen LogP contribution in [-0.2, 0) is 19.2 Å². The Morgan fingerprint density at radius 3 is 2.29 bits per heavy atom. The van der Waals surface area contributed by atoms with Crippen LogP contribution in [0.1, 0.15) is 13.8 Å². The molecule has 1 aromatic rings. The fourth-order valence-corrected chi connectivity index (χ4v) is 2.61. The summed E-state index contributed by atoms with van der Waals surface area (Å²) in [6.45, 7) is 3.34. The number of carbonyl (C=O) groups is 1. The van der Waals surface area contributed by atoms with Crippen LogP contribution in [-0.4, -0.2) is 19.9 Å². The number of oxime groups is 1. The molecular formula is C14H12BrNO4S. The first kappa shape index (κ1) is 15.7. The molecule has 0 aromatic heterocycles. The minimum atomic E-state index is -3.98. The van der Waals surface area contributed by atoms with E-state index in [1.54, 1.807) is 26.0 Å². The molecule has 5 nitrogen and oxygen atoms in total. The van der Waals surface area contributed by atoms with Crippen molar-refractivity contribution < 1.29 is 17.5 Å². The third-order valence-corrected chi connectivity index (χ3v) is 4.69. The van der Waals surface area contributed by atoms with E-state index >= 15 is 0 Å². The van der Waals surface area contributed by atoms with Gasteiger partial charge in [-0.1, -0.05) is 21.1 Å². The fourth-order valence-electron chi connectivity index (χ4n) is 1.61. The Kier molecular flexibility index (Phi) is 4.43. The van der Waals surface area contributed by atoms with Crippen molar-refractivity contribution in [2.24, 2.45) is 5.16 Å². The smallest absolute Gasteiger partial charge is 0.290 e. The van der Waals surface area contributed by atoms with Crippen LogP contribution in [0.3, 0.4) is 0 Å². The second-order valence-corrected chi connectivity index (χ2v) is 6.85. The van der Waals surface area contributed by atoms with E-state index in [1.807, 2.05) is 0 Å². The highest BCUT2D eigenvalue weighted by molar-refractivity contribution is 9.10. The molecule has 2 rings (SSSR count). The zero-order chi connectivity index (χ0) is 15.6. The minimum Gasteiger partial charge on any atom is -0.290 e. The lowest BCUT2D eigenvalue weighted by atomic mass is 9.97. The quantitative estimate of drug-likeness (QED) is 0.606. The minimum absolute atomic E-state index is 0.00395. The van der Waals surface area contributed by atoms with Crippen LogP contribution in [0.2, 0.25) is 0 Å². The topological polar surface area (TPSA) is 72.8 Å². The zero-order valence-electron chi connectivity index (χ0n) is 11.3. The summed E-state index contributed by atoms with van der Waals surface area (Å²) in [6, 6.07) is 6.01. The van der Waals surface area contributed by atoms with Crippen molar-refractivity contribution in [2.45, 2.75) is 18.7 Å². The number of ketones is 1. The molecule has 0 spiro atoms. The molecule has 0 radical (unpaired) electrons. The maximum absolute atomic E-state index is 12.0. The van der Waals surface area contributed by atoms with Crippen molar-refractivity contribution in [3.05, 3.63) is 52.0 Å². The Hall–Kier alpha value is -1.73. The van der Waals surface area contributed by atoms with Crippen LogP contribution in [0.15, 0.2) is 62.1 Å². The zero-order valence-corrected chi connectivity index (χ0v) is 13.7. The van der Waals surface area contributed by atoms with Gasteiger partial charge in [-0.3, -0.25) is 9.08 Å². The fraction of sp³-hybridized carbons (Fsp3) is 0.143. The van der Waals surface area contributed by atoms with Crippen molar-refractivity contribution >= 4 is 37.5 Å². The number of hydrogen-bond donors (Lipinski definition) is 0. The molecule has 1 aliphatic rings. The number of rotatable bonds is 3. The van der Waals surface area contributed by atoms with Crippen molar-refractivity contribution in [1.29, 1.82) is 0 Å². The third kappa shape index (κ3) is 3.48. The number of allylic oxidation sites excluding steroid dienone is 4. The van der Waals surface area contributed by atoms with Crippen LogP contribution in [0.4, 0.5) is 0 Å². The predicted molar refractivity (Wildman–Crippen MR) is 82.4 cm³/mol. The molecule has 21 heavy (non-hydrogen) atoms. The number of benzene rings is 1. The normalized spacial score (nSPS) is 17.5.